The van der Waals surface area contributed by atoms with Crippen LogP contribution in [-0.4, -0.2) is 31.8 Å². The highest BCUT2D eigenvalue weighted by atomic mass is 19.4. The van der Waals surface area contributed by atoms with Crippen molar-refractivity contribution in [2.75, 3.05) is 12.4 Å². The Labute approximate surface area is 138 Å². The number of carbonyl (C=O) groups excluding carboxylic acids is 2. The molecule has 1 aromatic rings. The minimum Gasteiger partial charge on any atom is -0.469 e. The lowest BCUT2D eigenvalue weighted by atomic mass is 9.78. The quantitative estimate of drug-likeness (QED) is 0.672. The van der Waals surface area contributed by atoms with Crippen molar-refractivity contribution in [1.82, 2.24) is 0 Å². The van der Waals surface area contributed by atoms with E-state index in [-0.39, 0.29) is 17.7 Å². The third-order valence-electron chi connectivity index (χ3n) is 3.11. The first kappa shape index (κ1) is 19.9. The highest BCUT2D eigenvalue weighted by Gasteiger charge is 2.28. The van der Waals surface area contributed by atoms with Crippen molar-refractivity contribution >= 4 is 30.2 Å². The summed E-state index contributed by atoms with van der Waals surface area (Å²) >= 11 is 0. The Morgan fingerprint density at radius 2 is 1.79 bits per heavy atom. The van der Waals surface area contributed by atoms with Crippen LogP contribution in [-0.2, 0) is 20.7 Å². The van der Waals surface area contributed by atoms with E-state index in [4.69, 9.17) is 4.74 Å². The average Bonchev–Trinajstić information content (AvgIpc) is 2.39. The first-order valence-corrected chi connectivity index (χ1v) is 7.23. The van der Waals surface area contributed by atoms with Gasteiger partial charge in [-0.1, -0.05) is 12.1 Å². The van der Waals surface area contributed by atoms with Gasteiger partial charge in [0.15, 0.2) is 0 Å². The standard InChI is InChI=1S/C15H20BF3NO4/c1-9-10(7-13(21)23-5)6-11(16(17,18)19)8-12(9)20-14(22)24-15(2,3)4/h6,8H,7H2,1-5H3,(H,20,22)/q-1. The maximum Gasteiger partial charge on any atom is 0.509 e. The zero-order valence-electron chi connectivity index (χ0n) is 14.2. The number of hydrogen-bond acceptors (Lipinski definition) is 4. The van der Waals surface area contributed by atoms with Crippen LogP contribution in [0.2, 0.25) is 0 Å². The summed E-state index contributed by atoms with van der Waals surface area (Å²) in [5, 5.41) is 2.31. The average molecular weight is 346 g/mol. The number of nitrogens with one attached hydrogen (secondary N) is 1. The summed E-state index contributed by atoms with van der Waals surface area (Å²) in [6, 6.07) is 1.73. The molecule has 0 heterocycles. The number of amides is 1. The van der Waals surface area contributed by atoms with Crippen molar-refractivity contribution in [1.29, 1.82) is 0 Å². The molecule has 9 heteroatoms. The van der Waals surface area contributed by atoms with Crippen LogP contribution in [0.5, 0.6) is 0 Å². The number of ether oxygens (including phenoxy) is 2. The van der Waals surface area contributed by atoms with Crippen LogP contribution in [0.3, 0.4) is 0 Å². The predicted octanol–water partition coefficient (Wildman–Crippen LogP) is 3.11. The molecule has 1 N–H and O–H groups in total. The molecule has 0 saturated carbocycles. The molecule has 0 saturated heterocycles. The number of esters is 1. The van der Waals surface area contributed by atoms with Crippen molar-refractivity contribution in [3.8, 4) is 0 Å². The van der Waals surface area contributed by atoms with Crippen molar-refractivity contribution in [2.24, 2.45) is 0 Å². The number of benzene rings is 1. The van der Waals surface area contributed by atoms with Gasteiger partial charge in [0.1, 0.15) is 5.60 Å². The molecule has 1 rings (SSSR count). The highest BCUT2D eigenvalue weighted by Crippen LogP contribution is 2.23. The van der Waals surface area contributed by atoms with Crippen molar-refractivity contribution < 1.29 is 32.0 Å². The molecule has 0 bridgehead atoms. The summed E-state index contributed by atoms with van der Waals surface area (Å²) in [5.74, 6) is -0.673. The maximum atomic E-state index is 13.1. The Hall–Kier alpha value is -2.19. The number of halogens is 3. The predicted molar refractivity (Wildman–Crippen MR) is 85.5 cm³/mol. The van der Waals surface area contributed by atoms with E-state index in [1.54, 1.807) is 20.8 Å². The molecule has 0 aliphatic heterocycles. The van der Waals surface area contributed by atoms with E-state index in [9.17, 15) is 22.5 Å². The Bertz CT molecular complexity index is 639. The molecule has 1 aromatic carbocycles. The number of methoxy groups -OCH3 is 1. The van der Waals surface area contributed by atoms with Gasteiger partial charge in [0.25, 0.3) is 0 Å². The van der Waals surface area contributed by atoms with Gasteiger partial charge in [0.05, 0.1) is 13.5 Å². The normalized spacial score (nSPS) is 11.8. The fraction of sp³-hybridized carbons (Fsp3) is 0.467. The molecular weight excluding hydrogens is 326 g/mol. The summed E-state index contributed by atoms with van der Waals surface area (Å²) in [6.07, 6.45) is -1.20. The van der Waals surface area contributed by atoms with Gasteiger partial charge in [-0.05, 0) is 38.8 Å². The topological polar surface area (TPSA) is 64.6 Å². The van der Waals surface area contributed by atoms with Gasteiger partial charge >= 0.3 is 19.0 Å². The summed E-state index contributed by atoms with van der Waals surface area (Å²) < 4.78 is 48.9. The highest BCUT2D eigenvalue weighted by molar-refractivity contribution is 6.73. The summed E-state index contributed by atoms with van der Waals surface area (Å²) in [5.41, 5.74) is -1.29. The van der Waals surface area contributed by atoms with Gasteiger partial charge in [0, 0.05) is 5.69 Å². The van der Waals surface area contributed by atoms with Gasteiger partial charge in [-0.2, -0.15) is 0 Å². The number of anilines is 1. The van der Waals surface area contributed by atoms with Crippen LogP contribution in [0.15, 0.2) is 12.1 Å². The van der Waals surface area contributed by atoms with Crippen molar-refractivity contribution in [2.45, 2.75) is 39.7 Å². The minimum atomic E-state index is -5.30. The maximum absolute atomic E-state index is 13.1. The van der Waals surface area contributed by atoms with Gasteiger partial charge in [-0.15, -0.1) is 5.46 Å². The Morgan fingerprint density at radius 3 is 2.25 bits per heavy atom. The lowest BCUT2D eigenvalue weighted by Gasteiger charge is -2.23. The Balaban J connectivity index is 3.24. The fourth-order valence-corrected chi connectivity index (χ4v) is 1.94. The zero-order chi connectivity index (χ0) is 18.7. The minimum absolute atomic E-state index is 0.0557. The molecule has 0 fully saturated rings. The summed E-state index contributed by atoms with van der Waals surface area (Å²) in [6.45, 7) is 1.12. The van der Waals surface area contributed by atoms with Gasteiger partial charge < -0.3 is 22.4 Å². The second kappa shape index (κ2) is 7.15. The van der Waals surface area contributed by atoms with Crippen LogP contribution < -0.4 is 10.8 Å². The van der Waals surface area contributed by atoms with Crippen LogP contribution in [0.1, 0.15) is 31.9 Å². The molecule has 0 radical (unpaired) electrons. The SMILES string of the molecule is COC(=O)Cc1cc([B-](F)(F)F)cc(NC(=O)OC(C)(C)C)c1C. The van der Waals surface area contributed by atoms with E-state index in [0.717, 1.165) is 19.2 Å². The molecule has 5 nitrogen and oxygen atoms in total. The smallest absolute Gasteiger partial charge is 0.469 e. The first-order chi connectivity index (χ1) is 10.8. The molecule has 0 atom stereocenters. The molecule has 0 aliphatic rings. The van der Waals surface area contributed by atoms with E-state index in [0.29, 0.717) is 5.56 Å². The largest absolute Gasteiger partial charge is 0.509 e. The van der Waals surface area contributed by atoms with Crippen LogP contribution in [0, 0.1) is 6.92 Å². The van der Waals surface area contributed by atoms with Gasteiger partial charge in [-0.3, -0.25) is 10.1 Å². The van der Waals surface area contributed by atoms with Gasteiger partial charge in [0.2, 0.25) is 0 Å². The van der Waals surface area contributed by atoms with Crippen LogP contribution in [0.25, 0.3) is 0 Å². The van der Waals surface area contributed by atoms with Gasteiger partial charge in [-0.25, -0.2) is 4.79 Å². The lowest BCUT2D eigenvalue weighted by molar-refractivity contribution is -0.139. The second-order valence-corrected chi connectivity index (χ2v) is 6.31. The van der Waals surface area contributed by atoms with E-state index >= 15 is 0 Å². The second-order valence-electron chi connectivity index (χ2n) is 6.31. The van der Waals surface area contributed by atoms with E-state index in [2.05, 4.69) is 10.1 Å². The van der Waals surface area contributed by atoms with E-state index in [1.165, 1.54) is 6.92 Å². The van der Waals surface area contributed by atoms with E-state index < -0.39 is 30.1 Å². The van der Waals surface area contributed by atoms with Crippen LogP contribution in [0.4, 0.5) is 23.4 Å². The molecule has 0 aromatic heterocycles. The molecule has 1 amide bonds. The monoisotopic (exact) mass is 346 g/mol. The van der Waals surface area contributed by atoms with Crippen molar-refractivity contribution in [3.63, 3.8) is 0 Å². The first-order valence-electron chi connectivity index (χ1n) is 7.23. The molecule has 0 spiro atoms. The molecular formula is C15H20BF3NO4-. The number of carbonyl (C=O) groups is 2. The molecule has 24 heavy (non-hydrogen) atoms. The fourth-order valence-electron chi connectivity index (χ4n) is 1.94. The van der Waals surface area contributed by atoms with Crippen molar-refractivity contribution in [3.05, 3.63) is 23.3 Å². The Kier molecular flexibility index (Phi) is 5.91. The lowest BCUT2D eigenvalue weighted by Crippen LogP contribution is -2.35. The third-order valence-corrected chi connectivity index (χ3v) is 3.11. The molecule has 0 unspecified atom stereocenters. The number of hydrogen-bond donors (Lipinski definition) is 1. The molecule has 0 aliphatic carbocycles. The molecule has 134 valence electrons. The summed E-state index contributed by atoms with van der Waals surface area (Å²) in [7, 11) is 1.15. The van der Waals surface area contributed by atoms with E-state index in [1.807, 2.05) is 0 Å². The van der Waals surface area contributed by atoms with Crippen LogP contribution >= 0.6 is 0 Å². The zero-order valence-corrected chi connectivity index (χ0v) is 14.2. The Morgan fingerprint density at radius 1 is 1.21 bits per heavy atom. The summed E-state index contributed by atoms with van der Waals surface area (Å²) in [4.78, 5) is 23.2. The number of rotatable bonds is 4. The third kappa shape index (κ3) is 5.79.